The Hall–Kier alpha value is -1.52. The molecule has 2 N–H and O–H groups in total. The van der Waals surface area contributed by atoms with Gasteiger partial charge in [-0.25, -0.2) is 0 Å². The molecule has 4 nitrogen and oxygen atoms in total. The predicted molar refractivity (Wildman–Crippen MR) is 71.6 cm³/mol. The summed E-state index contributed by atoms with van der Waals surface area (Å²) in [7, 11) is 0. The van der Waals surface area contributed by atoms with Gasteiger partial charge in [0.15, 0.2) is 0 Å². The van der Waals surface area contributed by atoms with E-state index < -0.39 is 6.10 Å². The standard InChI is InChI=1S/C13H15ClN2O2/c1-9(17)7-15-13(18)8-16-5-4-10-2-3-11(14)6-12(10)16/h2-6,9,17H,7-8H2,1H3,(H,15,18). The maximum absolute atomic E-state index is 11.7. The van der Waals surface area contributed by atoms with Crippen LogP contribution >= 0.6 is 11.6 Å². The van der Waals surface area contributed by atoms with Crippen LogP contribution in [0.5, 0.6) is 0 Å². The zero-order chi connectivity index (χ0) is 13.1. The van der Waals surface area contributed by atoms with Crippen LogP contribution in [0, 0.1) is 0 Å². The SMILES string of the molecule is CC(O)CNC(=O)Cn1ccc2ccc(Cl)cc21. The highest BCUT2D eigenvalue weighted by atomic mass is 35.5. The van der Waals surface area contributed by atoms with Crippen LogP contribution in [0.3, 0.4) is 0 Å². The summed E-state index contributed by atoms with van der Waals surface area (Å²) >= 11 is 5.94. The molecule has 0 radical (unpaired) electrons. The summed E-state index contributed by atoms with van der Waals surface area (Å²) in [4.78, 5) is 11.7. The minimum absolute atomic E-state index is 0.131. The molecule has 1 atom stereocenters. The van der Waals surface area contributed by atoms with E-state index in [1.807, 2.05) is 35.0 Å². The molecule has 0 saturated heterocycles. The largest absolute Gasteiger partial charge is 0.392 e. The van der Waals surface area contributed by atoms with Gasteiger partial charge in [-0.05, 0) is 30.5 Å². The molecule has 1 aromatic heterocycles. The Morgan fingerprint density at radius 1 is 1.50 bits per heavy atom. The highest BCUT2D eigenvalue weighted by Crippen LogP contribution is 2.20. The molecule has 0 spiro atoms. The van der Waals surface area contributed by atoms with Gasteiger partial charge in [0.25, 0.3) is 0 Å². The third-order valence-electron chi connectivity index (χ3n) is 2.64. The van der Waals surface area contributed by atoms with E-state index in [1.54, 1.807) is 6.92 Å². The first-order chi connectivity index (χ1) is 8.56. The number of nitrogens with one attached hydrogen (secondary N) is 1. The fourth-order valence-electron chi connectivity index (χ4n) is 1.77. The quantitative estimate of drug-likeness (QED) is 0.887. The molecule has 1 aromatic carbocycles. The van der Waals surface area contributed by atoms with Crippen molar-refractivity contribution in [1.29, 1.82) is 0 Å². The number of hydrogen-bond donors (Lipinski definition) is 2. The van der Waals surface area contributed by atoms with Crippen molar-refractivity contribution < 1.29 is 9.90 Å². The van der Waals surface area contributed by atoms with Gasteiger partial charge >= 0.3 is 0 Å². The van der Waals surface area contributed by atoms with Crippen LogP contribution < -0.4 is 5.32 Å². The lowest BCUT2D eigenvalue weighted by molar-refractivity contribution is -0.122. The fraction of sp³-hybridized carbons (Fsp3) is 0.308. The van der Waals surface area contributed by atoms with E-state index in [9.17, 15) is 4.79 Å². The van der Waals surface area contributed by atoms with E-state index in [0.717, 1.165) is 10.9 Å². The first-order valence-corrected chi connectivity index (χ1v) is 6.13. The topological polar surface area (TPSA) is 54.3 Å². The second-order valence-corrected chi connectivity index (χ2v) is 4.74. The van der Waals surface area contributed by atoms with Crippen molar-refractivity contribution in [2.24, 2.45) is 0 Å². The van der Waals surface area contributed by atoms with Crippen LogP contribution in [-0.4, -0.2) is 28.2 Å². The number of halogens is 1. The van der Waals surface area contributed by atoms with Gasteiger partial charge in [-0.2, -0.15) is 0 Å². The molecule has 0 fully saturated rings. The van der Waals surface area contributed by atoms with Crippen LogP contribution in [-0.2, 0) is 11.3 Å². The Morgan fingerprint density at radius 2 is 2.28 bits per heavy atom. The molecular weight excluding hydrogens is 252 g/mol. The zero-order valence-corrected chi connectivity index (χ0v) is 10.8. The second kappa shape index (κ2) is 5.42. The maximum Gasteiger partial charge on any atom is 0.240 e. The van der Waals surface area contributed by atoms with E-state index in [1.165, 1.54) is 0 Å². The van der Waals surface area contributed by atoms with Crippen LogP contribution in [0.2, 0.25) is 5.02 Å². The molecule has 0 aliphatic heterocycles. The number of aliphatic hydroxyl groups excluding tert-OH is 1. The summed E-state index contributed by atoms with van der Waals surface area (Å²) in [6.45, 7) is 2.11. The molecule has 1 unspecified atom stereocenters. The Kier molecular flexibility index (Phi) is 3.89. The number of rotatable bonds is 4. The number of carbonyl (C=O) groups excluding carboxylic acids is 1. The van der Waals surface area contributed by atoms with Crippen molar-refractivity contribution in [3.63, 3.8) is 0 Å². The average Bonchev–Trinajstić information content (AvgIpc) is 2.69. The molecule has 1 heterocycles. The summed E-state index contributed by atoms with van der Waals surface area (Å²) < 4.78 is 1.83. The number of benzene rings is 1. The van der Waals surface area contributed by atoms with Gasteiger partial charge in [0, 0.05) is 23.3 Å². The average molecular weight is 267 g/mol. The third kappa shape index (κ3) is 3.03. The number of fused-ring (bicyclic) bond motifs is 1. The first kappa shape index (κ1) is 12.9. The minimum Gasteiger partial charge on any atom is -0.392 e. The van der Waals surface area contributed by atoms with Crippen molar-refractivity contribution in [2.45, 2.75) is 19.6 Å². The van der Waals surface area contributed by atoms with Crippen molar-refractivity contribution in [1.82, 2.24) is 9.88 Å². The van der Waals surface area contributed by atoms with E-state index in [0.29, 0.717) is 5.02 Å². The molecule has 2 rings (SSSR count). The van der Waals surface area contributed by atoms with Crippen molar-refractivity contribution in [3.05, 3.63) is 35.5 Å². The van der Waals surface area contributed by atoms with E-state index in [2.05, 4.69) is 5.32 Å². The lowest BCUT2D eigenvalue weighted by Crippen LogP contribution is -2.33. The number of carbonyl (C=O) groups is 1. The van der Waals surface area contributed by atoms with Gasteiger partial charge in [0.2, 0.25) is 5.91 Å². The van der Waals surface area contributed by atoms with Gasteiger partial charge in [-0.15, -0.1) is 0 Å². The molecule has 0 bridgehead atoms. The molecule has 18 heavy (non-hydrogen) atoms. The highest BCUT2D eigenvalue weighted by Gasteiger charge is 2.07. The number of nitrogens with zero attached hydrogens (tertiary/aromatic N) is 1. The van der Waals surface area contributed by atoms with E-state index >= 15 is 0 Å². The molecule has 96 valence electrons. The Labute approximate surface area is 110 Å². The number of aromatic nitrogens is 1. The lowest BCUT2D eigenvalue weighted by Gasteiger charge is -2.08. The third-order valence-corrected chi connectivity index (χ3v) is 2.88. The van der Waals surface area contributed by atoms with Crippen molar-refractivity contribution in [3.8, 4) is 0 Å². The Balaban J connectivity index is 2.12. The molecular formula is C13H15ClN2O2. The predicted octanol–water partition coefficient (Wildman–Crippen LogP) is 1.79. The summed E-state index contributed by atoms with van der Waals surface area (Å²) in [6.07, 6.45) is 1.31. The number of aliphatic hydroxyl groups is 1. The summed E-state index contributed by atoms with van der Waals surface area (Å²) in [5.74, 6) is -0.131. The van der Waals surface area contributed by atoms with Crippen molar-refractivity contribution >= 4 is 28.4 Å². The minimum atomic E-state index is -0.537. The molecule has 1 amide bonds. The molecule has 2 aromatic rings. The molecule has 0 saturated carbocycles. The Morgan fingerprint density at radius 3 is 3.00 bits per heavy atom. The van der Waals surface area contributed by atoms with Gasteiger partial charge in [-0.1, -0.05) is 17.7 Å². The van der Waals surface area contributed by atoms with Gasteiger partial charge in [0.1, 0.15) is 6.54 Å². The lowest BCUT2D eigenvalue weighted by atomic mass is 10.2. The maximum atomic E-state index is 11.7. The normalized spacial score (nSPS) is 12.6. The smallest absolute Gasteiger partial charge is 0.240 e. The van der Waals surface area contributed by atoms with Gasteiger partial charge < -0.3 is 15.0 Å². The van der Waals surface area contributed by atoms with Gasteiger partial charge in [0.05, 0.1) is 6.10 Å². The van der Waals surface area contributed by atoms with Crippen molar-refractivity contribution in [2.75, 3.05) is 6.54 Å². The Bertz CT molecular complexity index is 563. The first-order valence-electron chi connectivity index (χ1n) is 5.75. The second-order valence-electron chi connectivity index (χ2n) is 4.30. The molecule has 5 heteroatoms. The van der Waals surface area contributed by atoms with Gasteiger partial charge in [-0.3, -0.25) is 4.79 Å². The highest BCUT2D eigenvalue weighted by molar-refractivity contribution is 6.31. The van der Waals surface area contributed by atoms with Crippen LogP contribution in [0.15, 0.2) is 30.5 Å². The summed E-state index contributed by atoms with van der Waals surface area (Å²) in [5, 5.41) is 13.4. The van der Waals surface area contributed by atoms with Crippen LogP contribution in [0.4, 0.5) is 0 Å². The van der Waals surface area contributed by atoms with Crippen LogP contribution in [0.25, 0.3) is 10.9 Å². The van der Waals surface area contributed by atoms with E-state index in [-0.39, 0.29) is 19.0 Å². The summed E-state index contributed by atoms with van der Waals surface area (Å²) in [6, 6.07) is 7.51. The molecule has 0 aliphatic carbocycles. The summed E-state index contributed by atoms with van der Waals surface area (Å²) in [5.41, 5.74) is 0.926. The number of hydrogen-bond acceptors (Lipinski definition) is 2. The van der Waals surface area contributed by atoms with Crippen LogP contribution in [0.1, 0.15) is 6.92 Å². The zero-order valence-electron chi connectivity index (χ0n) is 10.1. The number of amides is 1. The fourth-order valence-corrected chi connectivity index (χ4v) is 1.93. The molecule has 0 aliphatic rings. The van der Waals surface area contributed by atoms with E-state index in [4.69, 9.17) is 16.7 Å². The monoisotopic (exact) mass is 266 g/mol.